The van der Waals surface area contributed by atoms with Crippen molar-refractivity contribution in [2.75, 3.05) is 13.1 Å². The SMILES string of the molecule is O=C(Cn1ccccc1=O)N1CCC[C@@H](C(F)(F)F)C1. The van der Waals surface area contributed by atoms with Gasteiger partial charge in [0.2, 0.25) is 5.91 Å². The molecule has 0 unspecified atom stereocenters. The monoisotopic (exact) mass is 288 g/mol. The molecule has 0 aliphatic carbocycles. The summed E-state index contributed by atoms with van der Waals surface area (Å²) in [6.07, 6.45) is -2.44. The topological polar surface area (TPSA) is 42.3 Å². The van der Waals surface area contributed by atoms with Gasteiger partial charge in [-0.2, -0.15) is 13.2 Å². The number of hydrogen-bond acceptors (Lipinski definition) is 2. The number of aromatic nitrogens is 1. The van der Waals surface area contributed by atoms with E-state index in [1.54, 1.807) is 12.1 Å². The highest BCUT2D eigenvalue weighted by Crippen LogP contribution is 2.33. The molecule has 1 aliphatic rings. The fraction of sp³-hybridized carbons (Fsp3) is 0.538. The molecule has 1 fully saturated rings. The molecule has 1 saturated heterocycles. The van der Waals surface area contributed by atoms with Crippen molar-refractivity contribution >= 4 is 5.91 Å². The highest BCUT2D eigenvalue weighted by atomic mass is 19.4. The standard InChI is InChI=1S/C13H15F3N2O2/c14-13(15,16)10-4-3-7-17(8-10)12(20)9-18-6-2-1-5-11(18)19/h1-2,5-6,10H,3-4,7-9H2/t10-/m1/s1. The van der Waals surface area contributed by atoms with E-state index in [4.69, 9.17) is 0 Å². The van der Waals surface area contributed by atoms with Gasteiger partial charge in [0.1, 0.15) is 6.54 Å². The van der Waals surface area contributed by atoms with E-state index in [0.717, 1.165) is 0 Å². The normalized spacial score (nSPS) is 19.9. The van der Waals surface area contributed by atoms with Gasteiger partial charge in [0.15, 0.2) is 0 Å². The number of hydrogen-bond donors (Lipinski definition) is 0. The Hall–Kier alpha value is -1.79. The second-order valence-electron chi connectivity index (χ2n) is 4.89. The van der Waals surface area contributed by atoms with Crippen LogP contribution in [0.4, 0.5) is 13.2 Å². The molecule has 0 saturated carbocycles. The van der Waals surface area contributed by atoms with Crippen LogP contribution in [0, 0.1) is 5.92 Å². The Bertz CT molecular complexity index is 539. The lowest BCUT2D eigenvalue weighted by atomic mass is 9.97. The molecular formula is C13H15F3N2O2. The molecule has 1 aromatic heterocycles. The predicted molar refractivity (Wildman–Crippen MR) is 66.1 cm³/mol. The van der Waals surface area contributed by atoms with Gasteiger partial charge in [0.05, 0.1) is 5.92 Å². The maximum atomic E-state index is 12.7. The molecule has 110 valence electrons. The summed E-state index contributed by atoms with van der Waals surface area (Å²) in [5.41, 5.74) is -0.342. The second kappa shape index (κ2) is 5.68. The quantitative estimate of drug-likeness (QED) is 0.830. The number of likely N-dealkylation sites (tertiary alicyclic amines) is 1. The molecule has 1 aromatic rings. The number of nitrogens with zero attached hydrogens (tertiary/aromatic N) is 2. The van der Waals surface area contributed by atoms with E-state index < -0.39 is 18.0 Å². The average molecular weight is 288 g/mol. The van der Waals surface area contributed by atoms with E-state index in [-0.39, 0.29) is 25.1 Å². The van der Waals surface area contributed by atoms with Crippen LogP contribution in [0.2, 0.25) is 0 Å². The maximum Gasteiger partial charge on any atom is 0.393 e. The zero-order valence-corrected chi connectivity index (χ0v) is 10.8. The molecule has 2 rings (SSSR count). The van der Waals surface area contributed by atoms with Crippen molar-refractivity contribution in [1.29, 1.82) is 0 Å². The number of carbonyl (C=O) groups excluding carboxylic acids is 1. The molecular weight excluding hydrogens is 273 g/mol. The Morgan fingerprint density at radius 2 is 2.10 bits per heavy atom. The summed E-state index contributed by atoms with van der Waals surface area (Å²) in [5.74, 6) is -1.92. The van der Waals surface area contributed by atoms with Crippen molar-refractivity contribution in [3.05, 3.63) is 34.7 Å². The van der Waals surface area contributed by atoms with E-state index in [9.17, 15) is 22.8 Å². The number of halogens is 3. The molecule has 0 bridgehead atoms. The third kappa shape index (κ3) is 3.40. The summed E-state index contributed by atoms with van der Waals surface area (Å²) in [7, 11) is 0. The summed E-state index contributed by atoms with van der Waals surface area (Å²) in [6.45, 7) is -0.221. The predicted octanol–water partition coefficient (Wildman–Crippen LogP) is 1.65. The zero-order valence-electron chi connectivity index (χ0n) is 10.8. The van der Waals surface area contributed by atoms with Crippen molar-refractivity contribution in [3.63, 3.8) is 0 Å². The number of pyridine rings is 1. The molecule has 0 N–H and O–H groups in total. The van der Waals surface area contributed by atoms with Gasteiger partial charge in [-0.1, -0.05) is 6.07 Å². The van der Waals surface area contributed by atoms with Crippen LogP contribution in [0.25, 0.3) is 0 Å². The molecule has 20 heavy (non-hydrogen) atoms. The first-order valence-electron chi connectivity index (χ1n) is 6.38. The van der Waals surface area contributed by atoms with Crippen molar-refractivity contribution < 1.29 is 18.0 Å². The maximum absolute atomic E-state index is 12.7. The minimum atomic E-state index is -4.28. The molecule has 0 radical (unpaired) electrons. The Kier molecular flexibility index (Phi) is 4.15. The molecule has 0 aromatic carbocycles. The molecule has 2 heterocycles. The second-order valence-corrected chi connectivity index (χ2v) is 4.89. The van der Waals surface area contributed by atoms with Crippen molar-refractivity contribution in [2.45, 2.75) is 25.6 Å². The first-order chi connectivity index (χ1) is 9.38. The largest absolute Gasteiger partial charge is 0.393 e. The molecule has 1 atom stereocenters. The molecule has 7 heteroatoms. The number of amides is 1. The summed E-state index contributed by atoms with van der Waals surface area (Å²) in [6, 6.07) is 4.45. The van der Waals surface area contributed by atoms with Crippen LogP contribution in [-0.4, -0.2) is 34.6 Å². The highest BCUT2D eigenvalue weighted by molar-refractivity contribution is 5.76. The van der Waals surface area contributed by atoms with E-state index in [0.29, 0.717) is 13.0 Å². The minimum absolute atomic E-state index is 0.0541. The Balaban J connectivity index is 2.03. The van der Waals surface area contributed by atoms with Gasteiger partial charge in [-0.15, -0.1) is 0 Å². The molecule has 1 amide bonds. The van der Waals surface area contributed by atoms with Gasteiger partial charge in [-0.25, -0.2) is 0 Å². The van der Waals surface area contributed by atoms with Crippen LogP contribution < -0.4 is 5.56 Å². The Labute approximate surface area is 113 Å². The minimum Gasteiger partial charge on any atom is -0.341 e. The van der Waals surface area contributed by atoms with Crippen molar-refractivity contribution in [1.82, 2.24) is 9.47 Å². The first-order valence-corrected chi connectivity index (χ1v) is 6.38. The fourth-order valence-electron chi connectivity index (χ4n) is 2.31. The van der Waals surface area contributed by atoms with Gasteiger partial charge in [-0.05, 0) is 18.9 Å². The highest BCUT2D eigenvalue weighted by Gasteiger charge is 2.42. The average Bonchev–Trinajstić information content (AvgIpc) is 2.40. The van der Waals surface area contributed by atoms with Gasteiger partial charge in [-0.3, -0.25) is 9.59 Å². The summed E-state index contributed by atoms with van der Waals surface area (Å²) >= 11 is 0. The van der Waals surface area contributed by atoms with Crippen LogP contribution in [0.15, 0.2) is 29.2 Å². The van der Waals surface area contributed by atoms with Crippen LogP contribution >= 0.6 is 0 Å². The third-order valence-electron chi connectivity index (χ3n) is 3.44. The fourth-order valence-corrected chi connectivity index (χ4v) is 2.31. The molecule has 1 aliphatic heterocycles. The number of alkyl halides is 3. The van der Waals surface area contributed by atoms with E-state index in [1.165, 1.54) is 21.7 Å². The lowest BCUT2D eigenvalue weighted by Gasteiger charge is -2.33. The molecule has 4 nitrogen and oxygen atoms in total. The zero-order chi connectivity index (χ0) is 14.8. The Morgan fingerprint density at radius 3 is 2.75 bits per heavy atom. The van der Waals surface area contributed by atoms with Gasteiger partial charge >= 0.3 is 6.18 Å². The van der Waals surface area contributed by atoms with Crippen LogP contribution in [0.3, 0.4) is 0 Å². The summed E-state index contributed by atoms with van der Waals surface area (Å²) < 4.78 is 39.2. The van der Waals surface area contributed by atoms with Crippen LogP contribution in [0.5, 0.6) is 0 Å². The van der Waals surface area contributed by atoms with Gasteiger partial charge < -0.3 is 9.47 Å². The number of rotatable bonds is 2. The smallest absolute Gasteiger partial charge is 0.341 e. The van der Waals surface area contributed by atoms with Gasteiger partial charge in [0, 0.05) is 25.4 Å². The van der Waals surface area contributed by atoms with Crippen molar-refractivity contribution in [3.8, 4) is 0 Å². The van der Waals surface area contributed by atoms with E-state index in [2.05, 4.69) is 0 Å². The number of carbonyl (C=O) groups is 1. The van der Waals surface area contributed by atoms with Crippen LogP contribution in [0.1, 0.15) is 12.8 Å². The third-order valence-corrected chi connectivity index (χ3v) is 3.44. The Morgan fingerprint density at radius 1 is 1.35 bits per heavy atom. The van der Waals surface area contributed by atoms with Crippen molar-refractivity contribution in [2.24, 2.45) is 5.92 Å². The van der Waals surface area contributed by atoms with E-state index >= 15 is 0 Å². The molecule has 0 spiro atoms. The van der Waals surface area contributed by atoms with Gasteiger partial charge in [0.25, 0.3) is 5.56 Å². The van der Waals surface area contributed by atoms with E-state index in [1.807, 2.05) is 0 Å². The summed E-state index contributed by atoms with van der Waals surface area (Å²) in [5, 5.41) is 0. The number of piperidine rings is 1. The van der Waals surface area contributed by atoms with Crippen LogP contribution in [-0.2, 0) is 11.3 Å². The first kappa shape index (κ1) is 14.6. The summed E-state index contributed by atoms with van der Waals surface area (Å²) in [4.78, 5) is 24.7. The lowest BCUT2D eigenvalue weighted by molar-refractivity contribution is -0.188. The lowest BCUT2D eigenvalue weighted by Crippen LogP contribution is -2.46.